The molecule has 29 heavy (non-hydrogen) atoms. The van der Waals surface area contributed by atoms with Crippen LogP contribution in [0.25, 0.3) is 0 Å². The lowest BCUT2D eigenvalue weighted by molar-refractivity contribution is -0.0704. The highest BCUT2D eigenvalue weighted by Crippen LogP contribution is 2.15. The van der Waals surface area contributed by atoms with E-state index in [4.69, 9.17) is 10.5 Å². The fourth-order valence-electron chi connectivity index (χ4n) is 3.99. The van der Waals surface area contributed by atoms with E-state index >= 15 is 0 Å². The van der Waals surface area contributed by atoms with Gasteiger partial charge in [0.2, 0.25) is 0 Å². The Bertz CT molecular complexity index is 753. The third-order valence-corrected chi connectivity index (χ3v) is 5.30. The molecule has 5 nitrogen and oxygen atoms in total. The Morgan fingerprint density at radius 1 is 1.00 bits per heavy atom. The van der Waals surface area contributed by atoms with Crippen LogP contribution in [0.5, 0.6) is 0 Å². The average Bonchev–Trinajstić information content (AvgIpc) is 2.71. The van der Waals surface area contributed by atoms with Crippen molar-refractivity contribution in [2.24, 2.45) is 5.73 Å². The fourth-order valence-corrected chi connectivity index (χ4v) is 3.99. The summed E-state index contributed by atoms with van der Waals surface area (Å²) in [4.78, 5) is 17.3. The van der Waals surface area contributed by atoms with Crippen LogP contribution in [0.1, 0.15) is 35.3 Å². The van der Waals surface area contributed by atoms with E-state index in [9.17, 15) is 4.79 Å². The number of hydrogen-bond acceptors (Lipinski definition) is 4. The predicted molar refractivity (Wildman–Crippen MR) is 117 cm³/mol. The quantitative estimate of drug-likeness (QED) is 0.747. The summed E-state index contributed by atoms with van der Waals surface area (Å²) in [6, 6.07) is 18.3. The molecule has 0 bridgehead atoms. The third-order valence-electron chi connectivity index (χ3n) is 5.30. The largest absolute Gasteiger partial charge is 0.373 e. The van der Waals surface area contributed by atoms with Crippen molar-refractivity contribution in [3.63, 3.8) is 0 Å². The monoisotopic (exact) mass is 395 g/mol. The maximum atomic E-state index is 13.0. The number of morpholine rings is 1. The van der Waals surface area contributed by atoms with Gasteiger partial charge in [-0.05, 0) is 43.5 Å². The van der Waals surface area contributed by atoms with Crippen LogP contribution >= 0.6 is 0 Å². The maximum absolute atomic E-state index is 13.0. The molecule has 2 N–H and O–H groups in total. The standard InChI is InChI=1S/C24H33N3O2/c1-19-16-26(17-20(2)29-19)18-22-8-10-23(11-9-22)24(28)27(15-13-25)14-12-21-6-4-3-5-7-21/h3-11,19-20H,12-18,25H2,1-2H3. The van der Waals surface area contributed by atoms with Gasteiger partial charge in [-0.2, -0.15) is 0 Å². The summed E-state index contributed by atoms with van der Waals surface area (Å²) in [5, 5.41) is 0. The van der Waals surface area contributed by atoms with Crippen LogP contribution in [-0.4, -0.2) is 60.6 Å². The van der Waals surface area contributed by atoms with Crippen molar-refractivity contribution < 1.29 is 9.53 Å². The summed E-state index contributed by atoms with van der Waals surface area (Å²) in [7, 11) is 0. The molecule has 1 fully saturated rings. The molecule has 0 aromatic heterocycles. The van der Waals surface area contributed by atoms with Gasteiger partial charge in [0.1, 0.15) is 0 Å². The molecule has 0 spiro atoms. The van der Waals surface area contributed by atoms with Gasteiger partial charge in [0.05, 0.1) is 12.2 Å². The van der Waals surface area contributed by atoms with Crippen LogP contribution in [0.3, 0.4) is 0 Å². The van der Waals surface area contributed by atoms with Crippen LogP contribution in [0, 0.1) is 0 Å². The first-order chi connectivity index (χ1) is 14.0. The minimum atomic E-state index is 0.0477. The summed E-state index contributed by atoms with van der Waals surface area (Å²) < 4.78 is 5.81. The molecular weight excluding hydrogens is 362 g/mol. The van der Waals surface area contributed by atoms with Crippen LogP contribution in [0.4, 0.5) is 0 Å². The Morgan fingerprint density at radius 3 is 2.28 bits per heavy atom. The zero-order valence-electron chi connectivity index (χ0n) is 17.6. The number of nitrogens with two attached hydrogens (primary N) is 1. The normalized spacial score (nSPS) is 19.8. The summed E-state index contributed by atoms with van der Waals surface area (Å²) in [6.07, 6.45) is 1.35. The molecule has 2 aromatic carbocycles. The minimum Gasteiger partial charge on any atom is -0.373 e. The first-order valence-electron chi connectivity index (χ1n) is 10.5. The molecule has 2 atom stereocenters. The maximum Gasteiger partial charge on any atom is 0.253 e. The average molecular weight is 396 g/mol. The first kappa shape index (κ1) is 21.5. The molecular formula is C24H33N3O2. The smallest absolute Gasteiger partial charge is 0.253 e. The van der Waals surface area contributed by atoms with Crippen LogP contribution in [0.15, 0.2) is 54.6 Å². The van der Waals surface area contributed by atoms with Crippen molar-refractivity contribution in [1.29, 1.82) is 0 Å². The molecule has 1 amide bonds. The highest BCUT2D eigenvalue weighted by atomic mass is 16.5. The van der Waals surface area contributed by atoms with E-state index in [0.717, 1.165) is 31.6 Å². The number of rotatable bonds is 8. The molecule has 156 valence electrons. The number of ether oxygens (including phenoxy) is 1. The number of carbonyl (C=O) groups is 1. The van der Waals surface area contributed by atoms with Crippen LogP contribution in [-0.2, 0) is 17.7 Å². The van der Waals surface area contributed by atoms with Crippen molar-refractivity contribution in [2.75, 3.05) is 32.7 Å². The number of carbonyl (C=O) groups excluding carboxylic acids is 1. The number of benzene rings is 2. The zero-order valence-corrected chi connectivity index (χ0v) is 17.6. The van der Waals surface area contributed by atoms with Gasteiger partial charge in [-0.3, -0.25) is 9.69 Å². The van der Waals surface area contributed by atoms with E-state index in [0.29, 0.717) is 19.6 Å². The lowest BCUT2D eigenvalue weighted by atomic mass is 10.1. The Kier molecular flexibility index (Phi) is 7.81. The highest BCUT2D eigenvalue weighted by Gasteiger charge is 2.22. The van der Waals surface area contributed by atoms with E-state index in [1.54, 1.807) is 0 Å². The highest BCUT2D eigenvalue weighted by molar-refractivity contribution is 5.94. The van der Waals surface area contributed by atoms with E-state index in [-0.39, 0.29) is 18.1 Å². The Morgan fingerprint density at radius 2 is 1.66 bits per heavy atom. The number of amides is 1. The van der Waals surface area contributed by atoms with Crippen molar-refractivity contribution in [3.05, 3.63) is 71.3 Å². The molecule has 5 heteroatoms. The topological polar surface area (TPSA) is 58.8 Å². The van der Waals surface area contributed by atoms with Gasteiger partial charge in [0.25, 0.3) is 5.91 Å². The molecule has 1 aliphatic heterocycles. The summed E-state index contributed by atoms with van der Waals surface area (Å²) >= 11 is 0. The van der Waals surface area contributed by atoms with Gasteiger partial charge >= 0.3 is 0 Å². The summed E-state index contributed by atoms with van der Waals surface area (Å²) in [6.45, 7) is 8.70. The van der Waals surface area contributed by atoms with E-state index in [2.05, 4.69) is 43.0 Å². The van der Waals surface area contributed by atoms with E-state index in [1.165, 1.54) is 11.1 Å². The molecule has 2 unspecified atom stereocenters. The van der Waals surface area contributed by atoms with Crippen molar-refractivity contribution >= 4 is 5.91 Å². The predicted octanol–water partition coefficient (Wildman–Crippen LogP) is 2.94. The van der Waals surface area contributed by atoms with Gasteiger partial charge in [-0.15, -0.1) is 0 Å². The van der Waals surface area contributed by atoms with Gasteiger partial charge in [0.15, 0.2) is 0 Å². The Labute approximate surface area is 174 Å². The molecule has 1 aliphatic rings. The summed E-state index contributed by atoms with van der Waals surface area (Å²) in [5.41, 5.74) is 8.92. The zero-order chi connectivity index (χ0) is 20.6. The molecule has 0 radical (unpaired) electrons. The molecule has 1 saturated heterocycles. The van der Waals surface area contributed by atoms with Crippen LogP contribution in [0.2, 0.25) is 0 Å². The fraction of sp³-hybridized carbons (Fsp3) is 0.458. The number of hydrogen-bond donors (Lipinski definition) is 1. The van der Waals surface area contributed by atoms with Gasteiger partial charge in [-0.25, -0.2) is 0 Å². The molecule has 2 aromatic rings. The Hall–Kier alpha value is -2.21. The second-order valence-corrected chi connectivity index (χ2v) is 7.96. The third kappa shape index (κ3) is 6.39. The Balaban J connectivity index is 1.59. The summed E-state index contributed by atoms with van der Waals surface area (Å²) in [5.74, 6) is 0.0477. The second-order valence-electron chi connectivity index (χ2n) is 7.96. The number of nitrogens with zero attached hydrogens (tertiary/aromatic N) is 2. The van der Waals surface area contributed by atoms with E-state index < -0.39 is 0 Å². The lowest BCUT2D eigenvalue weighted by Crippen LogP contribution is -2.44. The molecule has 1 heterocycles. The van der Waals surface area contributed by atoms with E-state index in [1.807, 2.05) is 35.2 Å². The molecule has 0 saturated carbocycles. The minimum absolute atomic E-state index is 0.0477. The van der Waals surface area contributed by atoms with Crippen molar-refractivity contribution in [1.82, 2.24) is 9.80 Å². The van der Waals surface area contributed by atoms with Gasteiger partial charge < -0.3 is 15.4 Å². The molecule has 0 aliphatic carbocycles. The SMILES string of the molecule is CC1CN(Cc2ccc(C(=O)N(CCN)CCc3ccccc3)cc2)CC(C)O1. The lowest BCUT2D eigenvalue weighted by Gasteiger charge is -2.35. The van der Waals surface area contributed by atoms with Gasteiger partial charge in [0, 0.05) is 44.8 Å². The van der Waals surface area contributed by atoms with Gasteiger partial charge in [-0.1, -0.05) is 42.5 Å². The van der Waals surface area contributed by atoms with Crippen molar-refractivity contribution in [3.8, 4) is 0 Å². The van der Waals surface area contributed by atoms with Crippen LogP contribution < -0.4 is 5.73 Å². The van der Waals surface area contributed by atoms with Crippen molar-refractivity contribution in [2.45, 2.75) is 39.0 Å². The molecule has 3 rings (SSSR count). The second kappa shape index (κ2) is 10.5. The first-order valence-corrected chi connectivity index (χ1v) is 10.5.